The predicted molar refractivity (Wildman–Crippen MR) is 112 cm³/mol. The van der Waals surface area contributed by atoms with Crippen LogP contribution in [0.4, 0.5) is 4.79 Å². The molecule has 0 spiro atoms. The highest BCUT2D eigenvalue weighted by molar-refractivity contribution is 6.11. The van der Waals surface area contributed by atoms with Gasteiger partial charge in [-0.2, -0.15) is 0 Å². The van der Waals surface area contributed by atoms with Crippen LogP contribution in [0.5, 0.6) is 0 Å². The van der Waals surface area contributed by atoms with Gasteiger partial charge in [0.25, 0.3) is 5.91 Å². The first-order valence-electron chi connectivity index (χ1n) is 9.77. The van der Waals surface area contributed by atoms with Crippen LogP contribution in [-0.2, 0) is 25.7 Å². The number of likely N-dealkylation sites (tertiary alicyclic amines) is 1. The van der Waals surface area contributed by atoms with Crippen molar-refractivity contribution in [3.8, 4) is 0 Å². The predicted octanol–water partition coefficient (Wildman–Crippen LogP) is 4.35. The third-order valence-electron chi connectivity index (χ3n) is 4.45. The van der Waals surface area contributed by atoms with Crippen LogP contribution in [0.25, 0.3) is 6.08 Å². The summed E-state index contributed by atoms with van der Waals surface area (Å²) in [6.07, 6.45) is 0.899. The Bertz CT molecular complexity index is 945. The van der Waals surface area contributed by atoms with Crippen LogP contribution in [-0.4, -0.2) is 34.5 Å². The number of imide groups is 1. The zero-order chi connectivity index (χ0) is 21.7. The first-order chi connectivity index (χ1) is 14.2. The highest BCUT2D eigenvalue weighted by Gasteiger charge is 2.46. The van der Waals surface area contributed by atoms with E-state index in [4.69, 9.17) is 9.47 Å². The first kappa shape index (κ1) is 21.3. The standard InChI is InChI=1S/C24H25NO5/c1-24(2,3)30-23(28)25-20(22(27)29-16-18-12-8-5-9-13-18)15-19(21(25)26)14-17-10-6-4-7-11-17/h4-14,20H,15-16H2,1-3H3/b19-14+/t20-/m0/s1. The smallest absolute Gasteiger partial charge is 0.418 e. The van der Waals surface area contributed by atoms with E-state index in [1.807, 2.05) is 60.7 Å². The van der Waals surface area contributed by atoms with E-state index in [1.165, 1.54) is 0 Å². The highest BCUT2D eigenvalue weighted by atomic mass is 16.6. The van der Waals surface area contributed by atoms with Crippen molar-refractivity contribution in [1.82, 2.24) is 4.90 Å². The van der Waals surface area contributed by atoms with Crippen LogP contribution in [0.1, 0.15) is 38.3 Å². The van der Waals surface area contributed by atoms with E-state index in [2.05, 4.69) is 0 Å². The monoisotopic (exact) mass is 407 g/mol. The Morgan fingerprint density at radius 3 is 2.23 bits per heavy atom. The molecule has 2 aromatic carbocycles. The molecule has 6 heteroatoms. The molecule has 30 heavy (non-hydrogen) atoms. The number of ether oxygens (including phenoxy) is 2. The minimum Gasteiger partial charge on any atom is -0.459 e. The molecule has 0 radical (unpaired) electrons. The van der Waals surface area contributed by atoms with Crippen molar-refractivity contribution in [3.05, 3.63) is 77.4 Å². The van der Waals surface area contributed by atoms with E-state index >= 15 is 0 Å². The number of hydrogen-bond acceptors (Lipinski definition) is 5. The zero-order valence-electron chi connectivity index (χ0n) is 17.3. The molecule has 1 saturated heterocycles. The molecule has 1 fully saturated rings. The zero-order valence-corrected chi connectivity index (χ0v) is 17.3. The second-order valence-electron chi connectivity index (χ2n) is 8.05. The van der Waals surface area contributed by atoms with Crippen molar-refractivity contribution in [3.63, 3.8) is 0 Å². The second kappa shape index (κ2) is 8.95. The van der Waals surface area contributed by atoms with Crippen LogP contribution in [0, 0.1) is 0 Å². The molecule has 1 aliphatic heterocycles. The molecule has 0 aliphatic carbocycles. The molecule has 1 atom stereocenters. The normalized spacial score (nSPS) is 17.8. The fourth-order valence-corrected chi connectivity index (χ4v) is 3.09. The van der Waals surface area contributed by atoms with Crippen molar-refractivity contribution >= 4 is 24.0 Å². The molecule has 1 aliphatic rings. The van der Waals surface area contributed by atoms with E-state index in [1.54, 1.807) is 26.8 Å². The van der Waals surface area contributed by atoms with E-state index in [0.717, 1.165) is 16.0 Å². The molecule has 0 bridgehead atoms. The van der Waals surface area contributed by atoms with Gasteiger partial charge in [-0.05, 0) is 38.0 Å². The van der Waals surface area contributed by atoms with Crippen LogP contribution in [0.2, 0.25) is 0 Å². The van der Waals surface area contributed by atoms with Crippen molar-refractivity contribution in [2.45, 2.75) is 45.4 Å². The molecule has 0 N–H and O–H groups in total. The third kappa shape index (κ3) is 5.35. The Labute approximate surface area is 176 Å². The topological polar surface area (TPSA) is 72.9 Å². The number of esters is 1. The lowest BCUT2D eigenvalue weighted by molar-refractivity contribution is -0.152. The van der Waals surface area contributed by atoms with Gasteiger partial charge in [-0.25, -0.2) is 14.5 Å². The van der Waals surface area contributed by atoms with Gasteiger partial charge in [-0.1, -0.05) is 60.7 Å². The third-order valence-corrected chi connectivity index (χ3v) is 4.45. The van der Waals surface area contributed by atoms with Gasteiger partial charge in [-0.3, -0.25) is 4.79 Å². The molecular formula is C24H25NO5. The van der Waals surface area contributed by atoms with Crippen molar-refractivity contribution in [2.24, 2.45) is 0 Å². The van der Waals surface area contributed by atoms with E-state index in [9.17, 15) is 14.4 Å². The van der Waals surface area contributed by atoms with Gasteiger partial charge in [-0.15, -0.1) is 0 Å². The van der Waals surface area contributed by atoms with Gasteiger partial charge < -0.3 is 9.47 Å². The summed E-state index contributed by atoms with van der Waals surface area (Å²) >= 11 is 0. The summed E-state index contributed by atoms with van der Waals surface area (Å²) < 4.78 is 10.8. The van der Waals surface area contributed by atoms with Gasteiger partial charge in [0.2, 0.25) is 0 Å². The van der Waals surface area contributed by atoms with Gasteiger partial charge in [0.1, 0.15) is 18.2 Å². The molecule has 1 heterocycles. The molecule has 2 aromatic rings. The average Bonchev–Trinajstić information content (AvgIpc) is 3.03. The lowest BCUT2D eigenvalue weighted by Gasteiger charge is -2.26. The molecular weight excluding hydrogens is 382 g/mol. The summed E-state index contributed by atoms with van der Waals surface area (Å²) in [6.45, 7) is 5.17. The molecule has 0 saturated carbocycles. The van der Waals surface area contributed by atoms with Crippen molar-refractivity contribution in [2.75, 3.05) is 0 Å². The molecule has 3 rings (SSSR count). The summed E-state index contributed by atoms with van der Waals surface area (Å²) in [5, 5.41) is 0. The molecule has 6 nitrogen and oxygen atoms in total. The number of amides is 2. The summed E-state index contributed by atoms with van der Waals surface area (Å²) in [6, 6.07) is 17.4. The van der Waals surface area contributed by atoms with Crippen LogP contribution < -0.4 is 0 Å². The maximum Gasteiger partial charge on any atom is 0.418 e. The Balaban J connectivity index is 1.83. The lowest BCUT2D eigenvalue weighted by Crippen LogP contribution is -2.46. The molecule has 156 valence electrons. The van der Waals surface area contributed by atoms with Crippen LogP contribution >= 0.6 is 0 Å². The largest absolute Gasteiger partial charge is 0.459 e. The number of nitrogens with zero attached hydrogens (tertiary/aromatic N) is 1. The van der Waals surface area contributed by atoms with E-state index in [0.29, 0.717) is 5.57 Å². The average molecular weight is 407 g/mol. The van der Waals surface area contributed by atoms with Gasteiger partial charge in [0.05, 0.1) is 0 Å². The van der Waals surface area contributed by atoms with Crippen molar-refractivity contribution in [1.29, 1.82) is 0 Å². The molecule has 2 amide bonds. The quantitative estimate of drug-likeness (QED) is 0.557. The summed E-state index contributed by atoms with van der Waals surface area (Å²) in [4.78, 5) is 39.3. The summed E-state index contributed by atoms with van der Waals surface area (Å²) in [5.41, 5.74) is 1.18. The van der Waals surface area contributed by atoms with Crippen LogP contribution in [0.15, 0.2) is 66.2 Å². The van der Waals surface area contributed by atoms with Gasteiger partial charge in [0, 0.05) is 12.0 Å². The Morgan fingerprint density at radius 1 is 1.03 bits per heavy atom. The Morgan fingerprint density at radius 2 is 1.63 bits per heavy atom. The SMILES string of the molecule is CC(C)(C)OC(=O)N1C(=O)/C(=C/c2ccccc2)C[C@H]1C(=O)OCc1ccccc1. The van der Waals surface area contributed by atoms with Crippen molar-refractivity contribution < 1.29 is 23.9 Å². The maximum atomic E-state index is 13.0. The minimum atomic E-state index is -1.06. The Hall–Kier alpha value is -3.41. The molecule has 0 unspecified atom stereocenters. The Kier molecular flexibility index (Phi) is 6.35. The first-order valence-corrected chi connectivity index (χ1v) is 9.77. The van der Waals surface area contributed by atoms with E-state index < -0.39 is 29.6 Å². The van der Waals surface area contributed by atoms with E-state index in [-0.39, 0.29) is 13.0 Å². The molecule has 0 aromatic heterocycles. The fraction of sp³-hybridized carbons (Fsp3) is 0.292. The number of benzene rings is 2. The van der Waals surface area contributed by atoms with Gasteiger partial charge in [0.15, 0.2) is 0 Å². The number of rotatable bonds is 4. The highest BCUT2D eigenvalue weighted by Crippen LogP contribution is 2.29. The number of carbonyl (C=O) groups excluding carboxylic acids is 3. The minimum absolute atomic E-state index is 0.0598. The lowest BCUT2D eigenvalue weighted by atomic mass is 10.1. The second-order valence-corrected chi connectivity index (χ2v) is 8.05. The van der Waals surface area contributed by atoms with Crippen LogP contribution in [0.3, 0.4) is 0 Å². The maximum absolute atomic E-state index is 13.0. The van der Waals surface area contributed by atoms with Gasteiger partial charge >= 0.3 is 12.1 Å². The summed E-state index contributed by atoms with van der Waals surface area (Å²) in [5.74, 6) is -1.19. The summed E-state index contributed by atoms with van der Waals surface area (Å²) in [7, 11) is 0. The number of carbonyl (C=O) groups is 3. The fourth-order valence-electron chi connectivity index (χ4n) is 3.09. The number of hydrogen-bond donors (Lipinski definition) is 0.